The summed E-state index contributed by atoms with van der Waals surface area (Å²) in [6.07, 6.45) is 1.53. The summed E-state index contributed by atoms with van der Waals surface area (Å²) in [5.74, 6) is -1.38. The Labute approximate surface area is 96.8 Å². The lowest BCUT2D eigenvalue weighted by molar-refractivity contribution is -0.137. The highest BCUT2D eigenvalue weighted by atomic mass is 19.1. The summed E-state index contributed by atoms with van der Waals surface area (Å²) < 4.78 is 19.0. The lowest BCUT2D eigenvalue weighted by Crippen LogP contribution is -2.13. The number of nitrogens with two attached hydrogens (primary N) is 1. The molecule has 0 saturated carbocycles. The van der Waals surface area contributed by atoms with Crippen LogP contribution in [0.4, 0.5) is 4.39 Å². The van der Waals surface area contributed by atoms with Crippen LogP contribution in [0.3, 0.4) is 0 Å². The van der Waals surface area contributed by atoms with Gasteiger partial charge in [0, 0.05) is 18.0 Å². The standard InChI is InChI=1S/C12H12FNO3/c13-12-7(9(14)2-4-11(15)16)1-3-10-8(12)5-6-17-10/h1,3,5-6,9H,2,4,14H2,(H,15,16). The number of hydrogen-bond acceptors (Lipinski definition) is 3. The Morgan fingerprint density at radius 1 is 1.47 bits per heavy atom. The van der Waals surface area contributed by atoms with Crippen molar-refractivity contribution in [2.24, 2.45) is 5.73 Å². The summed E-state index contributed by atoms with van der Waals surface area (Å²) in [4.78, 5) is 10.4. The minimum absolute atomic E-state index is 0.0793. The maximum Gasteiger partial charge on any atom is 0.303 e. The van der Waals surface area contributed by atoms with E-state index in [1.54, 1.807) is 6.07 Å². The van der Waals surface area contributed by atoms with E-state index >= 15 is 0 Å². The van der Waals surface area contributed by atoms with Gasteiger partial charge in [0.2, 0.25) is 0 Å². The minimum atomic E-state index is -0.940. The Bertz CT molecular complexity index is 550. The maximum atomic E-state index is 14.0. The third kappa shape index (κ3) is 2.29. The van der Waals surface area contributed by atoms with E-state index in [2.05, 4.69) is 0 Å². The highest BCUT2D eigenvalue weighted by Gasteiger charge is 2.16. The molecule has 4 nitrogen and oxygen atoms in total. The lowest BCUT2D eigenvalue weighted by atomic mass is 10.0. The van der Waals surface area contributed by atoms with Gasteiger partial charge in [-0.3, -0.25) is 4.79 Å². The number of carbonyl (C=O) groups is 1. The zero-order chi connectivity index (χ0) is 12.4. The fourth-order valence-corrected chi connectivity index (χ4v) is 1.75. The Balaban J connectivity index is 2.28. The third-order valence-electron chi connectivity index (χ3n) is 2.67. The van der Waals surface area contributed by atoms with Crippen molar-refractivity contribution in [1.82, 2.24) is 0 Å². The highest BCUT2D eigenvalue weighted by molar-refractivity contribution is 5.78. The Kier molecular flexibility index (Phi) is 3.10. The molecular formula is C12H12FNO3. The number of benzene rings is 1. The molecule has 90 valence electrons. The summed E-state index contributed by atoms with van der Waals surface area (Å²) in [6, 6.07) is 4.07. The van der Waals surface area contributed by atoms with Crippen LogP contribution in [0.2, 0.25) is 0 Å². The van der Waals surface area contributed by atoms with Crippen LogP contribution in [-0.2, 0) is 4.79 Å². The molecule has 0 aliphatic heterocycles. The molecule has 5 heteroatoms. The average Bonchev–Trinajstić information content (AvgIpc) is 2.75. The number of fused-ring (bicyclic) bond motifs is 1. The van der Waals surface area contributed by atoms with E-state index < -0.39 is 17.8 Å². The first-order chi connectivity index (χ1) is 8.09. The molecule has 0 fully saturated rings. The van der Waals surface area contributed by atoms with Gasteiger partial charge in [-0.2, -0.15) is 0 Å². The predicted molar refractivity (Wildman–Crippen MR) is 60.0 cm³/mol. The largest absolute Gasteiger partial charge is 0.481 e. The second kappa shape index (κ2) is 4.55. The van der Waals surface area contributed by atoms with E-state index in [0.29, 0.717) is 16.5 Å². The minimum Gasteiger partial charge on any atom is -0.481 e. The molecule has 2 rings (SSSR count). The second-order valence-corrected chi connectivity index (χ2v) is 3.84. The molecule has 1 atom stereocenters. The predicted octanol–water partition coefficient (Wildman–Crippen LogP) is 2.44. The van der Waals surface area contributed by atoms with Crippen LogP contribution in [-0.4, -0.2) is 11.1 Å². The molecular weight excluding hydrogens is 225 g/mol. The number of furan rings is 1. The molecule has 2 aromatic rings. The number of carboxylic acids is 1. The van der Waals surface area contributed by atoms with E-state index in [1.807, 2.05) is 0 Å². The van der Waals surface area contributed by atoms with Gasteiger partial charge in [-0.1, -0.05) is 6.07 Å². The molecule has 1 aromatic heterocycles. The van der Waals surface area contributed by atoms with Crippen LogP contribution < -0.4 is 5.73 Å². The van der Waals surface area contributed by atoms with E-state index in [-0.39, 0.29) is 12.8 Å². The first kappa shape index (κ1) is 11.6. The van der Waals surface area contributed by atoms with Gasteiger partial charge < -0.3 is 15.3 Å². The van der Waals surface area contributed by atoms with E-state index in [0.717, 1.165) is 0 Å². The molecule has 0 aliphatic rings. The Morgan fingerprint density at radius 2 is 2.24 bits per heavy atom. The smallest absolute Gasteiger partial charge is 0.303 e. The van der Waals surface area contributed by atoms with Crippen molar-refractivity contribution in [3.63, 3.8) is 0 Å². The van der Waals surface area contributed by atoms with Crippen LogP contribution in [0, 0.1) is 5.82 Å². The summed E-state index contributed by atoms with van der Waals surface area (Å²) >= 11 is 0. The molecule has 0 amide bonds. The van der Waals surface area contributed by atoms with Crippen LogP contribution in [0.1, 0.15) is 24.4 Å². The van der Waals surface area contributed by atoms with E-state index in [9.17, 15) is 9.18 Å². The van der Waals surface area contributed by atoms with Crippen LogP contribution >= 0.6 is 0 Å². The molecule has 0 radical (unpaired) electrons. The third-order valence-corrected chi connectivity index (χ3v) is 2.67. The number of halogens is 1. The molecule has 17 heavy (non-hydrogen) atoms. The Hall–Kier alpha value is -1.88. The summed E-state index contributed by atoms with van der Waals surface area (Å²) in [6.45, 7) is 0. The molecule has 1 heterocycles. The second-order valence-electron chi connectivity index (χ2n) is 3.84. The van der Waals surface area contributed by atoms with Gasteiger partial charge in [-0.15, -0.1) is 0 Å². The molecule has 1 unspecified atom stereocenters. The lowest BCUT2D eigenvalue weighted by Gasteiger charge is -2.11. The number of aliphatic carboxylic acids is 1. The van der Waals surface area contributed by atoms with Gasteiger partial charge in [0.15, 0.2) is 0 Å². The van der Waals surface area contributed by atoms with Gasteiger partial charge in [-0.05, 0) is 18.6 Å². The monoisotopic (exact) mass is 237 g/mol. The van der Waals surface area contributed by atoms with E-state index in [1.165, 1.54) is 18.4 Å². The molecule has 0 saturated heterocycles. The first-order valence-electron chi connectivity index (χ1n) is 5.22. The zero-order valence-corrected chi connectivity index (χ0v) is 9.02. The van der Waals surface area contributed by atoms with Crippen molar-refractivity contribution in [2.45, 2.75) is 18.9 Å². The van der Waals surface area contributed by atoms with Crippen molar-refractivity contribution in [2.75, 3.05) is 0 Å². The molecule has 1 aromatic carbocycles. The quantitative estimate of drug-likeness (QED) is 0.856. The van der Waals surface area contributed by atoms with Gasteiger partial charge in [-0.25, -0.2) is 4.39 Å². The van der Waals surface area contributed by atoms with Gasteiger partial charge >= 0.3 is 5.97 Å². The topological polar surface area (TPSA) is 76.5 Å². The average molecular weight is 237 g/mol. The SMILES string of the molecule is NC(CCC(=O)O)c1ccc2occc2c1F. The Morgan fingerprint density at radius 3 is 2.94 bits per heavy atom. The van der Waals surface area contributed by atoms with Crippen LogP contribution in [0.5, 0.6) is 0 Å². The zero-order valence-electron chi connectivity index (χ0n) is 9.02. The van der Waals surface area contributed by atoms with Crippen molar-refractivity contribution >= 4 is 16.9 Å². The van der Waals surface area contributed by atoms with E-state index in [4.69, 9.17) is 15.3 Å². The van der Waals surface area contributed by atoms with Crippen molar-refractivity contribution in [3.05, 3.63) is 35.8 Å². The van der Waals surface area contributed by atoms with Crippen molar-refractivity contribution < 1.29 is 18.7 Å². The van der Waals surface area contributed by atoms with Gasteiger partial charge in [0.25, 0.3) is 0 Å². The summed E-state index contributed by atoms with van der Waals surface area (Å²) in [7, 11) is 0. The van der Waals surface area contributed by atoms with Gasteiger partial charge in [0.1, 0.15) is 11.4 Å². The summed E-state index contributed by atoms with van der Waals surface area (Å²) in [5, 5.41) is 8.92. The fourth-order valence-electron chi connectivity index (χ4n) is 1.75. The summed E-state index contributed by atoms with van der Waals surface area (Å²) in [5.41, 5.74) is 6.54. The molecule has 3 N–H and O–H groups in total. The number of carboxylic acid groups (broad SMARTS) is 1. The highest BCUT2D eigenvalue weighted by Crippen LogP contribution is 2.26. The molecule has 0 aliphatic carbocycles. The fraction of sp³-hybridized carbons (Fsp3) is 0.250. The number of rotatable bonds is 4. The molecule has 0 spiro atoms. The molecule has 0 bridgehead atoms. The normalized spacial score (nSPS) is 12.8. The van der Waals surface area contributed by atoms with Gasteiger partial charge in [0.05, 0.1) is 11.6 Å². The first-order valence-corrected chi connectivity index (χ1v) is 5.22. The van der Waals surface area contributed by atoms with Crippen LogP contribution in [0.25, 0.3) is 11.0 Å². The maximum absolute atomic E-state index is 14.0. The van der Waals surface area contributed by atoms with Crippen molar-refractivity contribution in [3.8, 4) is 0 Å². The number of hydrogen-bond donors (Lipinski definition) is 2. The van der Waals surface area contributed by atoms with Crippen LogP contribution in [0.15, 0.2) is 28.9 Å². The van der Waals surface area contributed by atoms with Crippen molar-refractivity contribution in [1.29, 1.82) is 0 Å².